The summed E-state index contributed by atoms with van der Waals surface area (Å²) in [5.41, 5.74) is 0. The fourth-order valence-electron chi connectivity index (χ4n) is 0.474. The van der Waals surface area contributed by atoms with Gasteiger partial charge in [-0.2, -0.15) is 0 Å². The summed E-state index contributed by atoms with van der Waals surface area (Å²) in [6, 6.07) is 0. The van der Waals surface area contributed by atoms with E-state index in [4.69, 9.17) is 16.3 Å². The number of hydrogen-bond acceptors (Lipinski definition) is 2. The summed E-state index contributed by atoms with van der Waals surface area (Å²) in [4.78, 5) is 9.24. The molecule has 5 heteroatoms. The molecule has 0 radical (unpaired) electrons. The molecule has 0 aliphatic rings. The summed E-state index contributed by atoms with van der Waals surface area (Å²) in [6.07, 6.45) is 0.950. The van der Waals surface area contributed by atoms with Crippen LogP contribution in [0.2, 0.25) is 0 Å². The minimum atomic E-state index is -2.63. The van der Waals surface area contributed by atoms with Crippen molar-refractivity contribution in [3.63, 3.8) is 0 Å². The average molecular weight is 183 g/mol. The molecule has 0 aliphatic carbocycles. The van der Waals surface area contributed by atoms with Gasteiger partial charge in [-0.15, -0.1) is 0 Å². The first-order chi connectivity index (χ1) is 4.62. The summed E-state index contributed by atoms with van der Waals surface area (Å²) in [6.45, 7) is 2.37. The maximum atomic E-state index is 9.24. The molecule has 0 aromatic rings. The first-order valence-corrected chi connectivity index (χ1v) is 6.02. The molecule has 62 valence electrons. The van der Waals surface area contributed by atoms with Gasteiger partial charge in [0.2, 0.25) is 0 Å². The molecule has 1 atom stereocenters. The number of rotatable bonds is 5. The van der Waals surface area contributed by atoms with Gasteiger partial charge in [-0.1, -0.05) is 6.92 Å². The largest absolute Gasteiger partial charge is 0.334 e. The fraction of sp³-hybridized carbons (Fsp3) is 1.00. The second kappa shape index (κ2) is 5.22. The first-order valence-electron chi connectivity index (χ1n) is 3.35. The zero-order chi connectivity index (χ0) is 8.04. The molecule has 0 rings (SSSR count). The lowest BCUT2D eigenvalue weighted by molar-refractivity contribution is 0.318. The quantitative estimate of drug-likeness (QED) is 0.629. The van der Waals surface area contributed by atoms with Gasteiger partial charge in [0.05, 0.1) is 6.61 Å². The Morgan fingerprint density at radius 1 is 1.60 bits per heavy atom. The van der Waals surface area contributed by atoms with Crippen LogP contribution in [-0.2, 0) is 16.3 Å². The van der Waals surface area contributed by atoms with E-state index in [-0.39, 0.29) is 0 Å². The molecule has 2 N–H and O–H groups in total. The molecule has 0 fully saturated rings. The van der Waals surface area contributed by atoms with Crippen molar-refractivity contribution in [1.82, 2.24) is 5.09 Å². The van der Waals surface area contributed by atoms with Gasteiger partial charge in [0.25, 0.3) is 6.64 Å². The van der Waals surface area contributed by atoms with E-state index in [1.54, 1.807) is 0 Å². The average Bonchev–Trinajstić information content (AvgIpc) is 1.84. The van der Waals surface area contributed by atoms with Crippen molar-refractivity contribution in [2.75, 3.05) is 13.2 Å². The van der Waals surface area contributed by atoms with Gasteiger partial charge < -0.3 is 9.42 Å². The Kier molecular flexibility index (Phi) is 5.49. The molecule has 3 nitrogen and oxygen atoms in total. The Labute approximate surface area is 67.0 Å². The van der Waals surface area contributed by atoms with Crippen LogP contribution in [0.25, 0.3) is 0 Å². The van der Waals surface area contributed by atoms with Crippen LogP contribution in [0.15, 0.2) is 0 Å². The third-order valence-electron chi connectivity index (χ3n) is 0.866. The fourth-order valence-corrected chi connectivity index (χ4v) is 2.01. The minimum Gasteiger partial charge on any atom is -0.334 e. The molecule has 0 aromatic carbocycles. The van der Waals surface area contributed by atoms with E-state index in [1.165, 1.54) is 0 Å². The van der Waals surface area contributed by atoms with Crippen molar-refractivity contribution in [1.29, 1.82) is 0 Å². The molecule has 0 saturated carbocycles. The molecule has 0 aliphatic heterocycles. The molecule has 0 heterocycles. The highest BCUT2D eigenvalue weighted by atomic mass is 32.5. The first kappa shape index (κ1) is 10.5. The van der Waals surface area contributed by atoms with Crippen LogP contribution in [0, 0.1) is 0 Å². The second-order valence-electron chi connectivity index (χ2n) is 1.85. The minimum absolute atomic E-state index is 0.463. The standard InChI is InChI=1S/C5H14NO2PS/c1-3-5-6-9(7,10)8-4-2/h3-5H2,1-2H3,(H2,6,7,10). The van der Waals surface area contributed by atoms with Crippen LogP contribution in [0.1, 0.15) is 20.3 Å². The lowest BCUT2D eigenvalue weighted by atomic mass is 10.5. The van der Waals surface area contributed by atoms with Crippen molar-refractivity contribution < 1.29 is 9.42 Å². The second-order valence-corrected chi connectivity index (χ2v) is 4.95. The van der Waals surface area contributed by atoms with Gasteiger partial charge in [-0.25, -0.2) is 5.09 Å². The zero-order valence-corrected chi connectivity index (χ0v) is 8.04. The monoisotopic (exact) mass is 183 g/mol. The van der Waals surface area contributed by atoms with Crippen molar-refractivity contribution >= 4 is 18.4 Å². The molecule has 0 spiro atoms. The summed E-state index contributed by atoms with van der Waals surface area (Å²) >= 11 is 4.74. The Morgan fingerprint density at radius 3 is 2.60 bits per heavy atom. The number of hydrogen-bond donors (Lipinski definition) is 2. The summed E-state index contributed by atoms with van der Waals surface area (Å²) in [5.74, 6) is 0. The van der Waals surface area contributed by atoms with E-state index >= 15 is 0 Å². The van der Waals surface area contributed by atoms with Gasteiger partial charge in [0.1, 0.15) is 0 Å². The highest BCUT2D eigenvalue weighted by molar-refractivity contribution is 8.08. The SMILES string of the molecule is CCCNP(O)(=S)OCC. The summed E-state index contributed by atoms with van der Waals surface area (Å²) < 4.78 is 4.90. The third kappa shape index (κ3) is 5.33. The lowest BCUT2D eigenvalue weighted by Crippen LogP contribution is -2.12. The van der Waals surface area contributed by atoms with Crippen molar-refractivity contribution in [3.05, 3.63) is 0 Å². The van der Waals surface area contributed by atoms with Gasteiger partial charge in [-0.3, -0.25) is 0 Å². The van der Waals surface area contributed by atoms with E-state index in [1.807, 2.05) is 13.8 Å². The maximum Gasteiger partial charge on any atom is 0.258 e. The molecule has 1 unspecified atom stereocenters. The summed E-state index contributed by atoms with van der Waals surface area (Å²) in [5, 5.41) is 2.77. The molecule has 0 bridgehead atoms. The third-order valence-corrected chi connectivity index (χ3v) is 2.80. The number of nitrogens with one attached hydrogen (secondary N) is 1. The lowest BCUT2D eigenvalue weighted by Gasteiger charge is -2.14. The van der Waals surface area contributed by atoms with E-state index in [0.29, 0.717) is 13.2 Å². The zero-order valence-electron chi connectivity index (χ0n) is 6.33. The van der Waals surface area contributed by atoms with Gasteiger partial charge in [-0.05, 0) is 25.2 Å². The van der Waals surface area contributed by atoms with Crippen LogP contribution in [0.4, 0.5) is 0 Å². The molecule has 0 saturated heterocycles. The van der Waals surface area contributed by atoms with E-state index in [0.717, 1.165) is 6.42 Å². The van der Waals surface area contributed by atoms with Crippen LogP contribution >= 0.6 is 6.64 Å². The van der Waals surface area contributed by atoms with E-state index < -0.39 is 6.64 Å². The molecular weight excluding hydrogens is 169 g/mol. The smallest absolute Gasteiger partial charge is 0.258 e. The maximum absolute atomic E-state index is 9.24. The predicted octanol–water partition coefficient (Wildman–Crippen LogP) is 1.24. The van der Waals surface area contributed by atoms with Crippen LogP contribution in [-0.4, -0.2) is 18.0 Å². The Morgan fingerprint density at radius 2 is 2.20 bits per heavy atom. The Bertz CT molecular complexity index is 131. The Hall–Kier alpha value is 0.530. The van der Waals surface area contributed by atoms with Crippen LogP contribution in [0.3, 0.4) is 0 Å². The summed E-state index contributed by atoms with van der Waals surface area (Å²) in [7, 11) is 0. The van der Waals surface area contributed by atoms with Gasteiger partial charge in [0, 0.05) is 6.54 Å². The van der Waals surface area contributed by atoms with Gasteiger partial charge in [0.15, 0.2) is 0 Å². The van der Waals surface area contributed by atoms with Crippen molar-refractivity contribution in [2.45, 2.75) is 20.3 Å². The van der Waals surface area contributed by atoms with Crippen LogP contribution in [0.5, 0.6) is 0 Å². The molecule has 0 amide bonds. The predicted molar refractivity (Wildman–Crippen MR) is 46.4 cm³/mol. The van der Waals surface area contributed by atoms with Gasteiger partial charge >= 0.3 is 0 Å². The van der Waals surface area contributed by atoms with E-state index in [9.17, 15) is 4.89 Å². The Balaban J connectivity index is 3.53. The van der Waals surface area contributed by atoms with Crippen LogP contribution < -0.4 is 5.09 Å². The van der Waals surface area contributed by atoms with E-state index in [2.05, 4.69) is 5.09 Å². The topological polar surface area (TPSA) is 41.5 Å². The highest BCUT2D eigenvalue weighted by Crippen LogP contribution is 2.36. The van der Waals surface area contributed by atoms with Crippen molar-refractivity contribution in [2.24, 2.45) is 0 Å². The van der Waals surface area contributed by atoms with Crippen molar-refractivity contribution in [3.8, 4) is 0 Å². The molecular formula is C5H14NO2PS. The molecule has 10 heavy (non-hydrogen) atoms. The molecule has 0 aromatic heterocycles. The highest BCUT2D eigenvalue weighted by Gasteiger charge is 2.09. The normalized spacial score (nSPS) is 16.7.